The van der Waals surface area contributed by atoms with E-state index in [9.17, 15) is 4.79 Å². The number of rotatable bonds is 4. The molecular formula is C20H19NO2. The topological polar surface area (TPSA) is 42.2 Å². The average molecular weight is 305 g/mol. The summed E-state index contributed by atoms with van der Waals surface area (Å²) in [6.07, 6.45) is 3.35. The van der Waals surface area contributed by atoms with E-state index in [1.807, 2.05) is 68.4 Å². The SMILES string of the molecule is Cc1ccc(/C=C/C(=O)N[C@H](C)c2cc3ccccc3o2)cc1. The third-order valence-electron chi connectivity index (χ3n) is 3.73. The lowest BCUT2D eigenvalue weighted by Crippen LogP contribution is -2.24. The van der Waals surface area contributed by atoms with E-state index in [0.717, 1.165) is 22.3 Å². The van der Waals surface area contributed by atoms with Crippen LogP contribution in [0, 0.1) is 6.92 Å². The highest BCUT2D eigenvalue weighted by Crippen LogP contribution is 2.23. The standard InChI is InChI=1S/C20H19NO2/c1-14-7-9-16(10-8-14)11-12-20(22)21-15(2)19-13-17-5-3-4-6-18(17)23-19/h3-13,15H,1-2H3,(H,21,22)/b12-11+/t15-/m1/s1. The number of hydrogen-bond donors (Lipinski definition) is 1. The van der Waals surface area contributed by atoms with Gasteiger partial charge in [-0.3, -0.25) is 4.79 Å². The lowest BCUT2D eigenvalue weighted by molar-refractivity contribution is -0.117. The molecule has 1 atom stereocenters. The number of hydrogen-bond acceptors (Lipinski definition) is 2. The Morgan fingerprint density at radius 2 is 1.87 bits per heavy atom. The summed E-state index contributed by atoms with van der Waals surface area (Å²) in [5, 5.41) is 3.96. The maximum Gasteiger partial charge on any atom is 0.244 e. The second-order valence-corrected chi connectivity index (χ2v) is 5.66. The van der Waals surface area contributed by atoms with Crippen LogP contribution in [0.25, 0.3) is 17.0 Å². The van der Waals surface area contributed by atoms with E-state index < -0.39 is 0 Å². The van der Waals surface area contributed by atoms with Crippen LogP contribution in [0.5, 0.6) is 0 Å². The van der Waals surface area contributed by atoms with Gasteiger partial charge in [-0.2, -0.15) is 0 Å². The Morgan fingerprint density at radius 3 is 2.61 bits per heavy atom. The summed E-state index contributed by atoms with van der Waals surface area (Å²) in [6.45, 7) is 3.95. The third-order valence-corrected chi connectivity index (χ3v) is 3.73. The lowest BCUT2D eigenvalue weighted by atomic mass is 10.1. The van der Waals surface area contributed by atoms with Crippen molar-refractivity contribution >= 4 is 23.0 Å². The molecule has 3 heteroatoms. The smallest absolute Gasteiger partial charge is 0.244 e. The molecule has 1 heterocycles. The van der Waals surface area contributed by atoms with E-state index in [-0.39, 0.29) is 11.9 Å². The van der Waals surface area contributed by atoms with Crippen molar-refractivity contribution in [2.24, 2.45) is 0 Å². The van der Waals surface area contributed by atoms with Crippen LogP contribution in [-0.4, -0.2) is 5.91 Å². The Hall–Kier alpha value is -2.81. The Labute approximate surface area is 135 Å². The van der Waals surface area contributed by atoms with Gasteiger partial charge in [-0.15, -0.1) is 0 Å². The molecule has 1 N–H and O–H groups in total. The second kappa shape index (κ2) is 6.53. The van der Waals surface area contributed by atoms with Crippen LogP contribution in [0.2, 0.25) is 0 Å². The van der Waals surface area contributed by atoms with E-state index in [1.54, 1.807) is 12.2 Å². The van der Waals surface area contributed by atoms with Crippen molar-refractivity contribution in [1.82, 2.24) is 5.32 Å². The zero-order valence-electron chi connectivity index (χ0n) is 13.2. The van der Waals surface area contributed by atoms with Crippen molar-refractivity contribution in [1.29, 1.82) is 0 Å². The Morgan fingerprint density at radius 1 is 1.13 bits per heavy atom. The molecule has 0 saturated carbocycles. The normalized spacial score (nSPS) is 12.6. The molecule has 0 saturated heterocycles. The molecule has 0 aliphatic carbocycles. The summed E-state index contributed by atoms with van der Waals surface area (Å²) in [6, 6.07) is 17.6. The van der Waals surface area contributed by atoms with Crippen LogP contribution in [0.1, 0.15) is 29.9 Å². The number of carbonyl (C=O) groups is 1. The quantitative estimate of drug-likeness (QED) is 0.714. The highest BCUT2D eigenvalue weighted by molar-refractivity contribution is 5.92. The van der Waals surface area contributed by atoms with Gasteiger partial charge in [-0.1, -0.05) is 48.0 Å². The van der Waals surface area contributed by atoms with Crippen molar-refractivity contribution in [2.45, 2.75) is 19.9 Å². The van der Waals surface area contributed by atoms with Crippen molar-refractivity contribution < 1.29 is 9.21 Å². The zero-order valence-corrected chi connectivity index (χ0v) is 13.2. The molecule has 1 amide bonds. The van der Waals surface area contributed by atoms with Crippen molar-refractivity contribution in [2.75, 3.05) is 0 Å². The second-order valence-electron chi connectivity index (χ2n) is 5.66. The number of amides is 1. The van der Waals surface area contributed by atoms with Gasteiger partial charge in [0.05, 0.1) is 6.04 Å². The van der Waals surface area contributed by atoms with Crippen LogP contribution in [0.15, 0.2) is 65.1 Å². The minimum absolute atomic E-state index is 0.140. The zero-order chi connectivity index (χ0) is 16.2. The molecule has 0 unspecified atom stereocenters. The fourth-order valence-corrected chi connectivity index (χ4v) is 2.40. The van der Waals surface area contributed by atoms with E-state index in [1.165, 1.54) is 5.56 Å². The van der Waals surface area contributed by atoms with Crippen molar-refractivity contribution in [3.05, 3.63) is 77.6 Å². The molecule has 0 aliphatic rings. The van der Waals surface area contributed by atoms with Gasteiger partial charge in [0.15, 0.2) is 0 Å². The van der Waals surface area contributed by atoms with Crippen LogP contribution in [0.4, 0.5) is 0 Å². The van der Waals surface area contributed by atoms with Gasteiger partial charge in [0.1, 0.15) is 11.3 Å². The number of fused-ring (bicyclic) bond motifs is 1. The summed E-state index contributed by atoms with van der Waals surface area (Å²) < 4.78 is 5.77. The summed E-state index contributed by atoms with van der Waals surface area (Å²) in [5.74, 6) is 0.613. The number of aryl methyl sites for hydroxylation is 1. The molecule has 2 aromatic carbocycles. The molecule has 116 valence electrons. The number of para-hydroxylation sites is 1. The van der Waals surface area contributed by atoms with Gasteiger partial charge >= 0.3 is 0 Å². The molecule has 3 rings (SSSR count). The average Bonchev–Trinajstić information content (AvgIpc) is 2.98. The van der Waals surface area contributed by atoms with Gasteiger partial charge in [-0.25, -0.2) is 0 Å². The first kappa shape index (κ1) is 15.1. The molecule has 0 bridgehead atoms. The lowest BCUT2D eigenvalue weighted by Gasteiger charge is -2.09. The van der Waals surface area contributed by atoms with E-state index >= 15 is 0 Å². The number of benzene rings is 2. The predicted octanol–water partition coefficient (Wildman–Crippen LogP) is 4.63. The van der Waals surface area contributed by atoms with E-state index in [0.29, 0.717) is 0 Å². The summed E-state index contributed by atoms with van der Waals surface area (Å²) in [5.41, 5.74) is 3.03. The molecule has 23 heavy (non-hydrogen) atoms. The number of carbonyl (C=O) groups excluding carboxylic acids is 1. The van der Waals surface area contributed by atoms with Crippen molar-refractivity contribution in [3.63, 3.8) is 0 Å². The van der Waals surface area contributed by atoms with Gasteiger partial charge in [0, 0.05) is 11.5 Å². The fourth-order valence-electron chi connectivity index (χ4n) is 2.40. The van der Waals surface area contributed by atoms with E-state index in [2.05, 4.69) is 5.32 Å². The molecule has 0 spiro atoms. The fraction of sp³-hybridized carbons (Fsp3) is 0.150. The maximum absolute atomic E-state index is 12.0. The monoisotopic (exact) mass is 305 g/mol. The molecule has 3 aromatic rings. The molecule has 3 nitrogen and oxygen atoms in total. The van der Waals surface area contributed by atoms with Crippen LogP contribution in [0.3, 0.4) is 0 Å². The highest BCUT2D eigenvalue weighted by Gasteiger charge is 2.12. The molecule has 0 fully saturated rings. The first-order valence-corrected chi connectivity index (χ1v) is 7.65. The number of nitrogens with one attached hydrogen (secondary N) is 1. The Kier molecular flexibility index (Phi) is 4.29. The highest BCUT2D eigenvalue weighted by atomic mass is 16.3. The Bertz CT molecular complexity index is 810. The van der Waals surface area contributed by atoms with Crippen LogP contribution < -0.4 is 5.32 Å². The molecule has 0 aliphatic heterocycles. The maximum atomic E-state index is 12.0. The van der Waals surface area contributed by atoms with E-state index in [4.69, 9.17) is 4.42 Å². The number of furan rings is 1. The largest absolute Gasteiger partial charge is 0.459 e. The first-order valence-electron chi connectivity index (χ1n) is 7.65. The van der Waals surface area contributed by atoms with Crippen LogP contribution in [-0.2, 0) is 4.79 Å². The van der Waals surface area contributed by atoms with Crippen LogP contribution >= 0.6 is 0 Å². The van der Waals surface area contributed by atoms with Crippen molar-refractivity contribution in [3.8, 4) is 0 Å². The van der Waals surface area contributed by atoms with Gasteiger partial charge in [-0.05, 0) is 37.6 Å². The minimum Gasteiger partial charge on any atom is -0.459 e. The van der Waals surface area contributed by atoms with Gasteiger partial charge < -0.3 is 9.73 Å². The molecule has 1 aromatic heterocycles. The Balaban J connectivity index is 1.65. The first-order chi connectivity index (χ1) is 11.1. The summed E-state index contributed by atoms with van der Waals surface area (Å²) >= 11 is 0. The third kappa shape index (κ3) is 3.69. The summed E-state index contributed by atoms with van der Waals surface area (Å²) in [4.78, 5) is 12.0. The molecular weight excluding hydrogens is 286 g/mol. The molecule has 0 radical (unpaired) electrons. The van der Waals surface area contributed by atoms with Gasteiger partial charge in [0.2, 0.25) is 5.91 Å². The predicted molar refractivity (Wildman–Crippen MR) is 93.0 cm³/mol. The summed E-state index contributed by atoms with van der Waals surface area (Å²) in [7, 11) is 0. The van der Waals surface area contributed by atoms with Gasteiger partial charge in [0.25, 0.3) is 0 Å². The minimum atomic E-state index is -0.183.